The van der Waals surface area contributed by atoms with Gasteiger partial charge in [0.2, 0.25) is 5.91 Å². The molecule has 1 amide bonds. The van der Waals surface area contributed by atoms with Crippen molar-refractivity contribution in [1.29, 1.82) is 0 Å². The van der Waals surface area contributed by atoms with E-state index in [0.717, 1.165) is 0 Å². The van der Waals surface area contributed by atoms with E-state index in [1.807, 2.05) is 20.8 Å². The van der Waals surface area contributed by atoms with Crippen LogP contribution in [0.3, 0.4) is 0 Å². The molecule has 0 saturated heterocycles. The minimum Gasteiger partial charge on any atom is -0.354 e. The first-order valence-corrected chi connectivity index (χ1v) is 6.36. The molecule has 0 spiro atoms. The summed E-state index contributed by atoms with van der Waals surface area (Å²) in [6, 6.07) is -0.468. The summed E-state index contributed by atoms with van der Waals surface area (Å²) in [4.78, 5) is 11.3. The summed E-state index contributed by atoms with van der Waals surface area (Å²) >= 11 is 0. The third-order valence-electron chi connectivity index (χ3n) is 1.97. The third-order valence-corrected chi connectivity index (χ3v) is 3.28. The van der Waals surface area contributed by atoms with Crippen LogP contribution in [-0.2, 0) is 15.6 Å². The van der Waals surface area contributed by atoms with Crippen LogP contribution in [0.1, 0.15) is 20.8 Å². The average molecular weight is 220 g/mol. The molecular formula is C9H20N2O2S. The standard InChI is InChI=1S/C9H20N2O2S/c1-4-14(13)6-5-11-9(12)8(10)7(2)3/h7-8H,4-6,10H2,1-3H3,(H,11,12). The Morgan fingerprint density at radius 3 is 2.50 bits per heavy atom. The number of nitrogens with two attached hydrogens (primary N) is 1. The molecule has 0 aromatic heterocycles. The summed E-state index contributed by atoms with van der Waals surface area (Å²) in [5, 5.41) is 2.67. The number of rotatable bonds is 6. The molecule has 0 heterocycles. The van der Waals surface area contributed by atoms with Crippen molar-refractivity contribution in [1.82, 2.24) is 5.32 Å². The van der Waals surface area contributed by atoms with E-state index in [-0.39, 0.29) is 11.8 Å². The van der Waals surface area contributed by atoms with Crippen molar-refractivity contribution in [2.45, 2.75) is 26.8 Å². The summed E-state index contributed by atoms with van der Waals surface area (Å²) in [5.74, 6) is 1.11. The van der Waals surface area contributed by atoms with E-state index >= 15 is 0 Å². The second-order valence-electron chi connectivity index (χ2n) is 3.49. The SMILES string of the molecule is CCS(=O)CCNC(=O)C(N)C(C)C. The van der Waals surface area contributed by atoms with Crippen LogP contribution in [0.15, 0.2) is 0 Å². The number of nitrogens with one attached hydrogen (secondary N) is 1. The summed E-state index contributed by atoms with van der Waals surface area (Å²) in [7, 11) is -0.823. The van der Waals surface area contributed by atoms with Crippen LogP contribution in [0.2, 0.25) is 0 Å². The molecule has 0 bridgehead atoms. The highest BCUT2D eigenvalue weighted by atomic mass is 32.2. The van der Waals surface area contributed by atoms with Crippen molar-refractivity contribution in [3.63, 3.8) is 0 Å². The Morgan fingerprint density at radius 2 is 2.07 bits per heavy atom. The smallest absolute Gasteiger partial charge is 0.237 e. The lowest BCUT2D eigenvalue weighted by Gasteiger charge is -2.14. The lowest BCUT2D eigenvalue weighted by Crippen LogP contribution is -2.44. The number of hydrogen-bond acceptors (Lipinski definition) is 3. The largest absolute Gasteiger partial charge is 0.354 e. The molecule has 0 aliphatic rings. The Labute approximate surface area is 88.1 Å². The van der Waals surface area contributed by atoms with Gasteiger partial charge in [-0.3, -0.25) is 9.00 Å². The molecule has 0 aromatic carbocycles. The van der Waals surface area contributed by atoms with Crippen LogP contribution in [0.4, 0.5) is 0 Å². The Morgan fingerprint density at radius 1 is 1.50 bits per heavy atom. The molecule has 2 unspecified atom stereocenters. The van der Waals surface area contributed by atoms with Gasteiger partial charge in [-0.1, -0.05) is 20.8 Å². The molecule has 0 radical (unpaired) electrons. The van der Waals surface area contributed by atoms with Crippen LogP contribution < -0.4 is 11.1 Å². The van der Waals surface area contributed by atoms with Gasteiger partial charge in [0.25, 0.3) is 0 Å². The van der Waals surface area contributed by atoms with E-state index in [2.05, 4.69) is 5.32 Å². The number of hydrogen-bond donors (Lipinski definition) is 2. The number of carbonyl (C=O) groups is 1. The predicted octanol–water partition coefficient (Wildman–Crippen LogP) is -0.145. The minimum absolute atomic E-state index is 0.131. The lowest BCUT2D eigenvalue weighted by molar-refractivity contribution is -0.123. The molecule has 2 atom stereocenters. The molecule has 4 nitrogen and oxygen atoms in total. The molecule has 0 aromatic rings. The average Bonchev–Trinajstić information content (AvgIpc) is 2.15. The van der Waals surface area contributed by atoms with Gasteiger partial charge in [-0.05, 0) is 5.92 Å². The van der Waals surface area contributed by atoms with E-state index < -0.39 is 16.8 Å². The molecule has 5 heteroatoms. The number of carbonyl (C=O) groups excluding carboxylic acids is 1. The van der Waals surface area contributed by atoms with Crippen molar-refractivity contribution in [3.05, 3.63) is 0 Å². The van der Waals surface area contributed by atoms with Gasteiger partial charge in [0, 0.05) is 28.9 Å². The van der Waals surface area contributed by atoms with Gasteiger partial charge in [-0.15, -0.1) is 0 Å². The fourth-order valence-electron chi connectivity index (χ4n) is 0.853. The highest BCUT2D eigenvalue weighted by Gasteiger charge is 2.16. The van der Waals surface area contributed by atoms with Gasteiger partial charge in [0.05, 0.1) is 6.04 Å². The molecule has 0 aliphatic carbocycles. The molecular weight excluding hydrogens is 200 g/mol. The monoisotopic (exact) mass is 220 g/mol. The zero-order valence-corrected chi connectivity index (χ0v) is 9.89. The van der Waals surface area contributed by atoms with E-state index in [1.54, 1.807) is 0 Å². The lowest BCUT2D eigenvalue weighted by atomic mass is 10.1. The fraction of sp³-hybridized carbons (Fsp3) is 0.889. The van der Waals surface area contributed by atoms with E-state index in [1.165, 1.54) is 0 Å². The van der Waals surface area contributed by atoms with Gasteiger partial charge in [0.1, 0.15) is 0 Å². The van der Waals surface area contributed by atoms with Crippen LogP contribution in [0, 0.1) is 5.92 Å². The molecule has 14 heavy (non-hydrogen) atoms. The molecule has 3 N–H and O–H groups in total. The number of amides is 1. The minimum atomic E-state index is -0.823. The summed E-state index contributed by atoms with van der Waals surface area (Å²) in [6.45, 7) is 6.10. The van der Waals surface area contributed by atoms with Crippen molar-refractivity contribution in [3.8, 4) is 0 Å². The third kappa shape index (κ3) is 5.34. The quantitative estimate of drug-likeness (QED) is 0.654. The molecule has 0 rings (SSSR count). The zero-order valence-electron chi connectivity index (χ0n) is 9.08. The van der Waals surface area contributed by atoms with Gasteiger partial charge in [0.15, 0.2) is 0 Å². The maximum atomic E-state index is 11.3. The maximum absolute atomic E-state index is 11.3. The second kappa shape index (κ2) is 6.95. The molecule has 0 fully saturated rings. The second-order valence-corrected chi connectivity index (χ2v) is 5.36. The summed E-state index contributed by atoms with van der Waals surface area (Å²) in [5.41, 5.74) is 5.62. The first kappa shape index (κ1) is 13.6. The Balaban J connectivity index is 3.69. The highest BCUT2D eigenvalue weighted by molar-refractivity contribution is 7.84. The molecule has 0 saturated carbocycles. The van der Waals surface area contributed by atoms with Crippen molar-refractivity contribution < 1.29 is 9.00 Å². The highest BCUT2D eigenvalue weighted by Crippen LogP contribution is 1.97. The zero-order chi connectivity index (χ0) is 11.1. The molecule has 84 valence electrons. The first-order chi connectivity index (χ1) is 6.49. The van der Waals surface area contributed by atoms with E-state index in [9.17, 15) is 9.00 Å². The first-order valence-electron chi connectivity index (χ1n) is 4.87. The van der Waals surface area contributed by atoms with Crippen LogP contribution in [-0.4, -0.2) is 34.2 Å². The van der Waals surface area contributed by atoms with Gasteiger partial charge in [-0.2, -0.15) is 0 Å². The molecule has 0 aliphatic heterocycles. The Kier molecular flexibility index (Phi) is 6.74. The van der Waals surface area contributed by atoms with Gasteiger partial charge >= 0.3 is 0 Å². The fourth-order valence-corrected chi connectivity index (χ4v) is 1.47. The van der Waals surface area contributed by atoms with Crippen LogP contribution in [0.25, 0.3) is 0 Å². The summed E-state index contributed by atoms with van der Waals surface area (Å²) < 4.78 is 11.0. The van der Waals surface area contributed by atoms with Crippen LogP contribution >= 0.6 is 0 Å². The maximum Gasteiger partial charge on any atom is 0.237 e. The van der Waals surface area contributed by atoms with Crippen molar-refractivity contribution >= 4 is 16.7 Å². The van der Waals surface area contributed by atoms with Crippen LogP contribution in [0.5, 0.6) is 0 Å². The predicted molar refractivity (Wildman–Crippen MR) is 59.4 cm³/mol. The van der Waals surface area contributed by atoms with Gasteiger partial charge in [-0.25, -0.2) is 0 Å². The van der Waals surface area contributed by atoms with E-state index in [0.29, 0.717) is 18.1 Å². The van der Waals surface area contributed by atoms with E-state index in [4.69, 9.17) is 5.73 Å². The Hall–Kier alpha value is -0.420. The normalized spacial score (nSPS) is 15.2. The van der Waals surface area contributed by atoms with Gasteiger partial charge < -0.3 is 11.1 Å². The topological polar surface area (TPSA) is 72.2 Å². The summed E-state index contributed by atoms with van der Waals surface area (Å²) in [6.07, 6.45) is 0. The van der Waals surface area contributed by atoms with Crippen molar-refractivity contribution in [2.75, 3.05) is 18.1 Å². The Bertz CT molecular complexity index is 207. The van der Waals surface area contributed by atoms with Crippen molar-refractivity contribution in [2.24, 2.45) is 11.7 Å².